The third-order valence-corrected chi connectivity index (χ3v) is 9.68. The van der Waals surface area contributed by atoms with Gasteiger partial charge in [-0.25, -0.2) is 0 Å². The third-order valence-electron chi connectivity index (χ3n) is 9.68. The van der Waals surface area contributed by atoms with Gasteiger partial charge < -0.3 is 4.74 Å². The predicted octanol–water partition coefficient (Wildman–Crippen LogP) is 4.12. The van der Waals surface area contributed by atoms with Crippen LogP contribution in [-0.2, 0) is 14.3 Å². The van der Waals surface area contributed by atoms with E-state index in [2.05, 4.69) is 26.0 Å². The van der Waals surface area contributed by atoms with Gasteiger partial charge in [-0.05, 0) is 50.0 Å². The summed E-state index contributed by atoms with van der Waals surface area (Å²) in [7, 11) is 0. The molecule has 1 aliphatic heterocycles. The highest BCUT2D eigenvalue weighted by molar-refractivity contribution is 5.92. The molecule has 4 heteroatoms. The molecular weight excluding hydrogens is 350 g/mol. The molecule has 0 radical (unpaired) electrons. The normalized spacial score (nSPS) is 53.2. The first-order chi connectivity index (χ1) is 13.3. The Bertz CT molecular complexity index is 925. The van der Waals surface area contributed by atoms with E-state index in [-0.39, 0.29) is 40.0 Å². The standard InChI is InChI=1S/C24H27NO3/c1-22-6-3-15(26)10-14(22)9-13(12-25)20-17(22)4-7-23(2)21(20)16-11-18(16)24(23)8-5-19(27)28-24/h4,10,13,16,18,20-21H,3,5-9,11H2,1-2H3/t13-,16+,18-,20?,21?,22-,23-,24-/m0/s1. The lowest BCUT2D eigenvalue weighted by Crippen LogP contribution is -2.54. The number of carbonyl (C=O) groups is 2. The van der Waals surface area contributed by atoms with E-state index in [1.54, 1.807) is 0 Å². The van der Waals surface area contributed by atoms with E-state index in [0.29, 0.717) is 30.6 Å². The molecule has 6 aliphatic rings. The molecule has 5 aliphatic carbocycles. The molecule has 1 spiro atoms. The quantitative estimate of drug-likeness (QED) is 0.470. The molecule has 1 saturated heterocycles. The molecular formula is C24H27NO3. The predicted molar refractivity (Wildman–Crippen MR) is 102 cm³/mol. The highest BCUT2D eigenvalue weighted by Crippen LogP contribution is 2.78. The summed E-state index contributed by atoms with van der Waals surface area (Å²) in [5, 5.41) is 10.1. The number of rotatable bonds is 0. The van der Waals surface area contributed by atoms with Gasteiger partial charge >= 0.3 is 5.97 Å². The Labute approximate surface area is 166 Å². The van der Waals surface area contributed by atoms with Crippen LogP contribution in [0.2, 0.25) is 0 Å². The van der Waals surface area contributed by atoms with Crippen molar-refractivity contribution in [3.63, 3.8) is 0 Å². The Kier molecular flexibility index (Phi) is 3.03. The molecule has 4 nitrogen and oxygen atoms in total. The molecule has 4 fully saturated rings. The van der Waals surface area contributed by atoms with Crippen molar-refractivity contribution in [2.24, 2.45) is 40.4 Å². The van der Waals surface area contributed by atoms with E-state index < -0.39 is 0 Å². The van der Waals surface area contributed by atoms with Crippen LogP contribution in [0.3, 0.4) is 0 Å². The van der Waals surface area contributed by atoms with Crippen LogP contribution >= 0.6 is 0 Å². The SMILES string of the molecule is C[C@]12CCC(=O)C=C1C[C@@H](C#N)C1C2=CC[C@@]2(C)C1[C@@H]1C[C@@H]1[C@@]21CCC(=O)O1. The largest absolute Gasteiger partial charge is 0.458 e. The van der Waals surface area contributed by atoms with Crippen LogP contribution in [0.1, 0.15) is 58.8 Å². The zero-order chi connectivity index (χ0) is 19.5. The molecule has 0 aromatic heterocycles. The van der Waals surface area contributed by atoms with Crippen LogP contribution in [0, 0.1) is 51.8 Å². The van der Waals surface area contributed by atoms with Crippen LogP contribution in [0.25, 0.3) is 0 Å². The molecule has 0 N–H and O–H groups in total. The van der Waals surface area contributed by atoms with E-state index in [0.717, 1.165) is 32.1 Å². The Balaban J connectivity index is 1.50. The third kappa shape index (κ3) is 1.74. The van der Waals surface area contributed by atoms with Crippen LogP contribution < -0.4 is 0 Å². The van der Waals surface area contributed by atoms with Crippen molar-refractivity contribution >= 4 is 11.8 Å². The number of carbonyl (C=O) groups excluding carboxylic acids is 2. The van der Waals surface area contributed by atoms with Gasteiger partial charge in [0.25, 0.3) is 0 Å². The number of nitriles is 1. The Morgan fingerprint density at radius 3 is 2.75 bits per heavy atom. The maximum atomic E-state index is 12.1. The fraction of sp³-hybridized carbons (Fsp3) is 0.708. The van der Waals surface area contributed by atoms with Crippen molar-refractivity contribution in [3.8, 4) is 6.07 Å². The number of ether oxygens (including phenoxy) is 1. The van der Waals surface area contributed by atoms with Crippen molar-refractivity contribution in [3.05, 3.63) is 23.3 Å². The lowest BCUT2D eigenvalue weighted by Gasteiger charge is -2.57. The fourth-order valence-electron chi connectivity index (χ4n) is 8.33. The smallest absolute Gasteiger partial charge is 0.306 e. The molecule has 0 amide bonds. The van der Waals surface area contributed by atoms with Gasteiger partial charge in [0.1, 0.15) is 5.60 Å². The highest BCUT2D eigenvalue weighted by atomic mass is 16.6. The van der Waals surface area contributed by atoms with Gasteiger partial charge in [-0.3, -0.25) is 9.59 Å². The minimum absolute atomic E-state index is 0.0363. The first kappa shape index (κ1) is 17.0. The monoisotopic (exact) mass is 377 g/mol. The summed E-state index contributed by atoms with van der Waals surface area (Å²) in [6.45, 7) is 4.63. The van der Waals surface area contributed by atoms with E-state index in [1.807, 2.05) is 6.08 Å². The summed E-state index contributed by atoms with van der Waals surface area (Å²) in [4.78, 5) is 24.2. The van der Waals surface area contributed by atoms with Gasteiger partial charge in [-0.15, -0.1) is 0 Å². The average molecular weight is 377 g/mol. The molecule has 1 heterocycles. The summed E-state index contributed by atoms with van der Waals surface area (Å²) in [5.74, 6) is 1.83. The molecule has 8 atom stereocenters. The number of ketones is 1. The van der Waals surface area contributed by atoms with Crippen molar-refractivity contribution in [1.82, 2.24) is 0 Å². The topological polar surface area (TPSA) is 67.2 Å². The molecule has 0 aromatic carbocycles. The second-order valence-corrected chi connectivity index (χ2v) is 10.6. The second-order valence-electron chi connectivity index (χ2n) is 10.6. The summed E-state index contributed by atoms with van der Waals surface area (Å²) in [6.07, 6.45) is 9.90. The van der Waals surface area contributed by atoms with Crippen molar-refractivity contribution < 1.29 is 14.3 Å². The lowest BCUT2D eigenvalue weighted by molar-refractivity contribution is -0.166. The van der Waals surface area contributed by atoms with Gasteiger partial charge in [0, 0.05) is 35.5 Å². The summed E-state index contributed by atoms with van der Waals surface area (Å²) in [5.41, 5.74) is 2.16. The molecule has 28 heavy (non-hydrogen) atoms. The zero-order valence-corrected chi connectivity index (χ0v) is 16.7. The minimum Gasteiger partial charge on any atom is -0.458 e. The van der Waals surface area contributed by atoms with E-state index in [1.165, 1.54) is 11.1 Å². The molecule has 3 saturated carbocycles. The van der Waals surface area contributed by atoms with Crippen LogP contribution in [0.4, 0.5) is 0 Å². The van der Waals surface area contributed by atoms with E-state index >= 15 is 0 Å². The van der Waals surface area contributed by atoms with E-state index in [4.69, 9.17) is 4.74 Å². The van der Waals surface area contributed by atoms with Gasteiger partial charge in [-0.1, -0.05) is 31.1 Å². The summed E-state index contributed by atoms with van der Waals surface area (Å²) in [6, 6.07) is 2.62. The number of allylic oxidation sites excluding steroid dienone is 4. The first-order valence-electron chi connectivity index (χ1n) is 10.9. The molecule has 146 valence electrons. The van der Waals surface area contributed by atoms with Crippen LogP contribution in [0.15, 0.2) is 23.3 Å². The van der Waals surface area contributed by atoms with Crippen molar-refractivity contribution in [2.45, 2.75) is 64.4 Å². The minimum atomic E-state index is -0.305. The lowest BCUT2D eigenvalue weighted by atomic mass is 9.47. The summed E-state index contributed by atoms with van der Waals surface area (Å²) >= 11 is 0. The number of hydrogen-bond acceptors (Lipinski definition) is 4. The first-order valence-corrected chi connectivity index (χ1v) is 10.9. The fourth-order valence-corrected chi connectivity index (χ4v) is 8.33. The molecule has 6 rings (SSSR count). The summed E-state index contributed by atoms with van der Waals surface area (Å²) < 4.78 is 6.12. The average Bonchev–Trinajstić information content (AvgIpc) is 3.30. The number of hydrogen-bond donors (Lipinski definition) is 0. The van der Waals surface area contributed by atoms with Gasteiger partial charge in [0.15, 0.2) is 5.78 Å². The van der Waals surface area contributed by atoms with Crippen molar-refractivity contribution in [1.29, 1.82) is 5.26 Å². The van der Waals surface area contributed by atoms with Gasteiger partial charge in [-0.2, -0.15) is 5.26 Å². The van der Waals surface area contributed by atoms with Crippen molar-refractivity contribution in [2.75, 3.05) is 0 Å². The molecule has 0 bridgehead atoms. The van der Waals surface area contributed by atoms with E-state index in [9.17, 15) is 14.9 Å². The maximum absolute atomic E-state index is 12.1. The number of fused-ring (bicyclic) bond motifs is 9. The zero-order valence-electron chi connectivity index (χ0n) is 16.7. The highest BCUT2D eigenvalue weighted by Gasteiger charge is 2.78. The van der Waals surface area contributed by atoms with Gasteiger partial charge in [0.05, 0.1) is 12.0 Å². The molecule has 2 unspecified atom stereocenters. The van der Waals surface area contributed by atoms with Crippen LogP contribution in [-0.4, -0.2) is 17.4 Å². The van der Waals surface area contributed by atoms with Gasteiger partial charge in [0.2, 0.25) is 0 Å². The Morgan fingerprint density at radius 2 is 2.04 bits per heavy atom. The Hall–Kier alpha value is -1.89. The molecule has 0 aromatic rings. The number of esters is 1. The maximum Gasteiger partial charge on any atom is 0.306 e. The Morgan fingerprint density at radius 1 is 1.21 bits per heavy atom. The van der Waals surface area contributed by atoms with Crippen LogP contribution in [0.5, 0.6) is 0 Å². The number of nitrogens with zero attached hydrogens (tertiary/aromatic N) is 1. The second kappa shape index (κ2) is 4.99.